The Kier molecular flexibility index (Phi) is 9.75. The molecular weight excluding hydrogens is 362 g/mol. The van der Waals surface area contributed by atoms with Gasteiger partial charge in [-0.05, 0) is 79.7 Å². The van der Waals surface area contributed by atoms with Crippen LogP contribution in [0.5, 0.6) is 0 Å². The molecule has 0 spiro atoms. The molecule has 30 heavy (non-hydrogen) atoms. The van der Waals surface area contributed by atoms with Gasteiger partial charge in [0.25, 0.3) is 0 Å². The zero-order chi connectivity index (χ0) is 21.0. The Morgan fingerprint density at radius 3 is 1.93 bits per heavy atom. The van der Waals surface area contributed by atoms with E-state index in [1.807, 2.05) is 18.2 Å². The molecule has 0 atom stereocenters. The summed E-state index contributed by atoms with van der Waals surface area (Å²) in [4.78, 5) is 0. The third-order valence-corrected chi connectivity index (χ3v) is 7.82. The van der Waals surface area contributed by atoms with Crippen LogP contribution in [0.3, 0.4) is 0 Å². The van der Waals surface area contributed by atoms with Gasteiger partial charge in [0.2, 0.25) is 0 Å². The first-order chi connectivity index (χ1) is 14.8. The van der Waals surface area contributed by atoms with Gasteiger partial charge in [0, 0.05) is 6.08 Å². The van der Waals surface area contributed by atoms with E-state index in [1.165, 1.54) is 82.3 Å². The van der Waals surface area contributed by atoms with Crippen LogP contribution in [0.4, 0.5) is 0 Å². The second-order valence-electron chi connectivity index (χ2n) is 9.77. The van der Waals surface area contributed by atoms with Gasteiger partial charge in [-0.3, -0.25) is 0 Å². The van der Waals surface area contributed by atoms with Crippen molar-refractivity contribution in [3.8, 4) is 6.07 Å². The second-order valence-corrected chi connectivity index (χ2v) is 9.77. The number of aryl methyl sites for hydroxylation is 1. The van der Waals surface area contributed by atoms with Gasteiger partial charge in [0.1, 0.15) is 0 Å². The molecule has 162 valence electrons. The standard InChI is InChI=1S/C29H41N/c1-2-24-15-19-28(20-16-24)29-21-17-27(18-22-29)14-13-26-11-9-25(10-12-26)8-6-4-3-5-7-23-30/h3-5,7,15-16,19-20,25-27,29H,2,6,8-14,17-18,21-22H2,1H3/t25-,26-,27-,29-. The van der Waals surface area contributed by atoms with Crippen LogP contribution >= 0.6 is 0 Å². The first-order valence-electron chi connectivity index (χ1n) is 12.6. The molecule has 1 aromatic rings. The molecule has 2 aliphatic rings. The predicted octanol–water partition coefficient (Wildman–Crippen LogP) is 8.53. The Labute approximate surface area is 185 Å². The lowest BCUT2D eigenvalue weighted by atomic mass is 9.74. The largest absolute Gasteiger partial charge is 0.193 e. The summed E-state index contributed by atoms with van der Waals surface area (Å²) in [6.45, 7) is 2.24. The maximum Gasteiger partial charge on any atom is 0.0912 e. The first kappa shape index (κ1) is 22.9. The molecule has 0 unspecified atom stereocenters. The van der Waals surface area contributed by atoms with Gasteiger partial charge in [-0.1, -0.05) is 87.9 Å². The van der Waals surface area contributed by atoms with Gasteiger partial charge >= 0.3 is 0 Å². The van der Waals surface area contributed by atoms with Gasteiger partial charge in [-0.15, -0.1) is 0 Å². The second kappa shape index (κ2) is 12.8. The summed E-state index contributed by atoms with van der Waals surface area (Å²) in [5, 5.41) is 8.48. The molecule has 1 nitrogen and oxygen atoms in total. The third kappa shape index (κ3) is 7.46. The lowest BCUT2D eigenvalue weighted by molar-refractivity contribution is 0.225. The van der Waals surface area contributed by atoms with E-state index in [9.17, 15) is 0 Å². The molecule has 2 saturated carbocycles. The highest BCUT2D eigenvalue weighted by molar-refractivity contribution is 5.25. The highest BCUT2D eigenvalue weighted by Gasteiger charge is 2.25. The molecule has 0 amide bonds. The number of allylic oxidation sites excluding steroid dienone is 4. The summed E-state index contributed by atoms with van der Waals surface area (Å²) in [6.07, 6.45) is 25.7. The number of benzene rings is 1. The van der Waals surface area contributed by atoms with Crippen LogP contribution in [0.25, 0.3) is 0 Å². The minimum absolute atomic E-state index is 0.812. The zero-order valence-corrected chi connectivity index (χ0v) is 19.1. The fourth-order valence-corrected chi connectivity index (χ4v) is 5.70. The summed E-state index contributed by atoms with van der Waals surface area (Å²) in [5.74, 6) is 3.72. The van der Waals surface area contributed by atoms with Crippen molar-refractivity contribution >= 4 is 0 Å². The van der Waals surface area contributed by atoms with Gasteiger partial charge in [0.15, 0.2) is 0 Å². The number of hydrogen-bond donors (Lipinski definition) is 0. The molecule has 0 saturated heterocycles. The fraction of sp³-hybridized carbons (Fsp3) is 0.621. The monoisotopic (exact) mass is 403 g/mol. The Morgan fingerprint density at radius 2 is 1.37 bits per heavy atom. The van der Waals surface area contributed by atoms with Gasteiger partial charge in [-0.25, -0.2) is 0 Å². The van der Waals surface area contributed by atoms with Crippen LogP contribution < -0.4 is 0 Å². The molecule has 2 fully saturated rings. The van der Waals surface area contributed by atoms with Crippen LogP contribution in [-0.4, -0.2) is 0 Å². The Balaban J connectivity index is 1.28. The average molecular weight is 404 g/mol. The van der Waals surface area contributed by atoms with Crippen LogP contribution in [0.15, 0.2) is 48.6 Å². The maximum absolute atomic E-state index is 8.48. The third-order valence-electron chi connectivity index (χ3n) is 7.82. The van der Waals surface area contributed by atoms with Crippen LogP contribution in [0.2, 0.25) is 0 Å². The summed E-state index contributed by atoms with van der Waals surface area (Å²) in [5.41, 5.74) is 3.05. The van der Waals surface area contributed by atoms with E-state index >= 15 is 0 Å². The van der Waals surface area contributed by atoms with Crippen LogP contribution in [-0.2, 0) is 6.42 Å². The van der Waals surface area contributed by atoms with Gasteiger partial charge < -0.3 is 0 Å². The molecule has 0 N–H and O–H groups in total. The van der Waals surface area contributed by atoms with E-state index in [0.717, 1.165) is 36.5 Å². The fourth-order valence-electron chi connectivity index (χ4n) is 5.70. The minimum Gasteiger partial charge on any atom is -0.193 e. The van der Waals surface area contributed by atoms with Crippen molar-refractivity contribution in [2.24, 2.45) is 17.8 Å². The topological polar surface area (TPSA) is 23.8 Å². The summed E-state index contributed by atoms with van der Waals surface area (Å²) < 4.78 is 0. The Morgan fingerprint density at radius 1 is 0.800 bits per heavy atom. The molecule has 0 heterocycles. The Hall–Kier alpha value is -1.81. The molecule has 0 radical (unpaired) electrons. The smallest absolute Gasteiger partial charge is 0.0912 e. The van der Waals surface area contributed by atoms with Crippen molar-refractivity contribution in [3.05, 3.63) is 59.7 Å². The van der Waals surface area contributed by atoms with E-state index in [-0.39, 0.29) is 0 Å². The number of nitriles is 1. The van der Waals surface area contributed by atoms with Crippen LogP contribution in [0.1, 0.15) is 101 Å². The van der Waals surface area contributed by atoms with Gasteiger partial charge in [-0.2, -0.15) is 5.26 Å². The maximum atomic E-state index is 8.48. The lowest BCUT2D eigenvalue weighted by Gasteiger charge is -2.32. The van der Waals surface area contributed by atoms with Crippen molar-refractivity contribution in [2.45, 2.75) is 96.3 Å². The molecular formula is C29H41N. The zero-order valence-electron chi connectivity index (χ0n) is 19.1. The number of hydrogen-bond acceptors (Lipinski definition) is 1. The molecule has 2 aliphatic carbocycles. The molecule has 1 heteroatoms. The normalized spacial score (nSPS) is 27.5. The molecule has 0 bridgehead atoms. The van der Waals surface area contributed by atoms with Crippen molar-refractivity contribution in [2.75, 3.05) is 0 Å². The summed E-state index contributed by atoms with van der Waals surface area (Å²) in [6, 6.07) is 11.5. The molecule has 0 aromatic heterocycles. The highest BCUT2D eigenvalue weighted by atomic mass is 14.3. The summed E-state index contributed by atoms with van der Waals surface area (Å²) >= 11 is 0. The molecule has 0 aliphatic heterocycles. The van der Waals surface area contributed by atoms with E-state index in [1.54, 1.807) is 5.56 Å². The average Bonchev–Trinajstić information content (AvgIpc) is 2.81. The molecule has 3 rings (SSSR count). The number of nitrogens with zero attached hydrogens (tertiary/aromatic N) is 1. The van der Waals surface area contributed by atoms with E-state index in [0.29, 0.717) is 0 Å². The van der Waals surface area contributed by atoms with Crippen molar-refractivity contribution in [3.63, 3.8) is 0 Å². The SMILES string of the molecule is CCc1ccc([C@H]2CC[C@H](CC[C@H]3CC[C@H](CCC=CC=CC#N)CC3)CC2)cc1. The first-order valence-corrected chi connectivity index (χ1v) is 12.6. The number of rotatable bonds is 9. The Bertz CT molecular complexity index is 689. The predicted molar refractivity (Wildman–Crippen MR) is 128 cm³/mol. The van der Waals surface area contributed by atoms with E-state index in [4.69, 9.17) is 5.26 Å². The van der Waals surface area contributed by atoms with Crippen molar-refractivity contribution in [1.29, 1.82) is 5.26 Å². The van der Waals surface area contributed by atoms with Crippen molar-refractivity contribution < 1.29 is 0 Å². The van der Waals surface area contributed by atoms with Crippen molar-refractivity contribution in [1.82, 2.24) is 0 Å². The lowest BCUT2D eigenvalue weighted by Crippen LogP contribution is -2.17. The van der Waals surface area contributed by atoms with Gasteiger partial charge in [0.05, 0.1) is 6.07 Å². The highest BCUT2D eigenvalue weighted by Crippen LogP contribution is 2.40. The summed E-state index contributed by atoms with van der Waals surface area (Å²) in [7, 11) is 0. The molecule has 1 aromatic carbocycles. The quantitative estimate of drug-likeness (QED) is 0.299. The van der Waals surface area contributed by atoms with Crippen LogP contribution in [0, 0.1) is 29.1 Å². The van der Waals surface area contributed by atoms with E-state index in [2.05, 4.69) is 37.3 Å². The van der Waals surface area contributed by atoms with E-state index < -0.39 is 0 Å². The minimum atomic E-state index is 0.812.